The standard InChI is InChI=1S/C18H31NO/c1-4-6-7-8-9-10-14-18(19-3)16-12-11-13-17(15-16)20-5-2/h11-13,15,18-19H,4-10,14H2,1-3H3. The van der Waals surface area contributed by atoms with Gasteiger partial charge in [0.25, 0.3) is 0 Å². The van der Waals surface area contributed by atoms with Crippen LogP contribution in [0.4, 0.5) is 0 Å². The lowest BCUT2D eigenvalue weighted by atomic mass is 9.99. The first-order chi connectivity index (χ1) is 9.81. The zero-order valence-corrected chi connectivity index (χ0v) is 13.5. The highest BCUT2D eigenvalue weighted by atomic mass is 16.5. The number of nitrogens with one attached hydrogen (secondary N) is 1. The summed E-state index contributed by atoms with van der Waals surface area (Å²) in [7, 11) is 2.05. The molecule has 1 N–H and O–H groups in total. The summed E-state index contributed by atoms with van der Waals surface area (Å²) in [5.41, 5.74) is 1.34. The predicted molar refractivity (Wildman–Crippen MR) is 87.4 cm³/mol. The third-order valence-corrected chi connectivity index (χ3v) is 3.77. The molecule has 1 atom stereocenters. The number of hydrogen-bond acceptors (Lipinski definition) is 2. The second-order valence-electron chi connectivity index (χ2n) is 5.40. The third-order valence-electron chi connectivity index (χ3n) is 3.77. The fraction of sp³-hybridized carbons (Fsp3) is 0.667. The van der Waals surface area contributed by atoms with Crippen LogP contribution in [0, 0.1) is 0 Å². The summed E-state index contributed by atoms with van der Waals surface area (Å²) in [5, 5.41) is 3.43. The van der Waals surface area contributed by atoms with E-state index in [9.17, 15) is 0 Å². The molecular weight excluding hydrogens is 246 g/mol. The van der Waals surface area contributed by atoms with Crippen LogP contribution >= 0.6 is 0 Å². The fourth-order valence-electron chi connectivity index (χ4n) is 2.59. The van der Waals surface area contributed by atoms with E-state index < -0.39 is 0 Å². The van der Waals surface area contributed by atoms with E-state index in [2.05, 4.69) is 37.5 Å². The Morgan fingerprint density at radius 1 is 1.05 bits per heavy atom. The van der Waals surface area contributed by atoms with Crippen LogP contribution in [-0.4, -0.2) is 13.7 Å². The van der Waals surface area contributed by atoms with Gasteiger partial charge in [-0.3, -0.25) is 0 Å². The van der Waals surface area contributed by atoms with Gasteiger partial charge in [0.15, 0.2) is 0 Å². The molecule has 0 heterocycles. The van der Waals surface area contributed by atoms with Crippen LogP contribution in [0.15, 0.2) is 24.3 Å². The van der Waals surface area contributed by atoms with Crippen LogP contribution < -0.4 is 10.1 Å². The van der Waals surface area contributed by atoms with Crippen LogP contribution in [0.3, 0.4) is 0 Å². The summed E-state index contributed by atoms with van der Waals surface area (Å²) in [5.74, 6) is 0.980. The van der Waals surface area contributed by atoms with Gasteiger partial charge in [0, 0.05) is 6.04 Å². The lowest BCUT2D eigenvalue weighted by Crippen LogP contribution is -2.16. The molecule has 0 saturated carbocycles. The molecule has 0 aliphatic carbocycles. The van der Waals surface area contributed by atoms with Gasteiger partial charge in [0.05, 0.1) is 6.61 Å². The Morgan fingerprint density at radius 3 is 2.50 bits per heavy atom. The SMILES string of the molecule is CCCCCCCCC(NC)c1cccc(OCC)c1. The van der Waals surface area contributed by atoms with Crippen molar-refractivity contribution in [3.63, 3.8) is 0 Å². The first kappa shape index (κ1) is 17.0. The molecular formula is C18H31NO. The Hall–Kier alpha value is -1.02. The maximum absolute atomic E-state index is 5.58. The zero-order chi connectivity index (χ0) is 14.6. The van der Waals surface area contributed by atoms with Crippen LogP contribution in [0.2, 0.25) is 0 Å². The molecule has 1 rings (SSSR count). The Kier molecular flexibility index (Phi) is 9.14. The first-order valence-corrected chi connectivity index (χ1v) is 8.21. The van der Waals surface area contributed by atoms with Crippen molar-refractivity contribution in [2.24, 2.45) is 0 Å². The van der Waals surface area contributed by atoms with Gasteiger partial charge in [-0.15, -0.1) is 0 Å². The lowest BCUT2D eigenvalue weighted by Gasteiger charge is -2.17. The van der Waals surface area contributed by atoms with E-state index in [1.54, 1.807) is 0 Å². The molecule has 1 aromatic rings. The smallest absolute Gasteiger partial charge is 0.119 e. The molecule has 0 saturated heterocycles. The normalized spacial score (nSPS) is 12.3. The van der Waals surface area contributed by atoms with E-state index in [1.807, 2.05) is 13.0 Å². The van der Waals surface area contributed by atoms with Gasteiger partial charge in [0.1, 0.15) is 5.75 Å². The third kappa shape index (κ3) is 6.42. The van der Waals surface area contributed by atoms with E-state index in [1.165, 1.54) is 50.5 Å². The molecule has 0 spiro atoms. The van der Waals surface area contributed by atoms with Crippen LogP contribution in [-0.2, 0) is 0 Å². The zero-order valence-electron chi connectivity index (χ0n) is 13.5. The molecule has 0 fully saturated rings. The Morgan fingerprint density at radius 2 is 1.80 bits per heavy atom. The van der Waals surface area contributed by atoms with Gasteiger partial charge in [-0.2, -0.15) is 0 Å². The Balaban J connectivity index is 2.39. The van der Waals surface area contributed by atoms with Crippen molar-refractivity contribution >= 4 is 0 Å². The molecule has 1 aromatic carbocycles. The highest BCUT2D eigenvalue weighted by molar-refractivity contribution is 5.30. The summed E-state index contributed by atoms with van der Waals surface area (Å²) >= 11 is 0. The number of unbranched alkanes of at least 4 members (excludes halogenated alkanes) is 5. The fourth-order valence-corrected chi connectivity index (χ4v) is 2.59. The highest BCUT2D eigenvalue weighted by Crippen LogP contribution is 2.23. The maximum Gasteiger partial charge on any atom is 0.119 e. The maximum atomic E-state index is 5.58. The number of benzene rings is 1. The highest BCUT2D eigenvalue weighted by Gasteiger charge is 2.09. The summed E-state index contributed by atoms with van der Waals surface area (Å²) in [6.45, 7) is 5.02. The quantitative estimate of drug-likeness (QED) is 0.568. The summed E-state index contributed by atoms with van der Waals surface area (Å²) < 4.78 is 5.58. The summed E-state index contributed by atoms with van der Waals surface area (Å²) in [6, 6.07) is 8.93. The van der Waals surface area contributed by atoms with Crippen molar-refractivity contribution in [1.29, 1.82) is 0 Å². The minimum absolute atomic E-state index is 0.446. The molecule has 0 bridgehead atoms. The Bertz CT molecular complexity index is 351. The predicted octanol–water partition coefficient (Wildman–Crippen LogP) is 5.10. The molecule has 2 nitrogen and oxygen atoms in total. The van der Waals surface area contributed by atoms with Crippen molar-refractivity contribution < 1.29 is 4.74 Å². The topological polar surface area (TPSA) is 21.3 Å². The van der Waals surface area contributed by atoms with Gasteiger partial charge >= 0.3 is 0 Å². The van der Waals surface area contributed by atoms with Crippen molar-refractivity contribution in [3.8, 4) is 5.75 Å². The van der Waals surface area contributed by atoms with Crippen molar-refractivity contribution in [2.45, 2.75) is 64.8 Å². The molecule has 114 valence electrons. The van der Waals surface area contributed by atoms with Gasteiger partial charge < -0.3 is 10.1 Å². The molecule has 0 aliphatic rings. The van der Waals surface area contributed by atoms with Gasteiger partial charge in [0.2, 0.25) is 0 Å². The number of hydrogen-bond donors (Lipinski definition) is 1. The van der Waals surface area contributed by atoms with Crippen molar-refractivity contribution in [1.82, 2.24) is 5.32 Å². The summed E-state index contributed by atoms with van der Waals surface area (Å²) in [4.78, 5) is 0. The summed E-state index contributed by atoms with van der Waals surface area (Å²) in [6.07, 6.45) is 9.33. The monoisotopic (exact) mass is 277 g/mol. The second kappa shape index (κ2) is 10.7. The van der Waals surface area contributed by atoms with Gasteiger partial charge in [-0.1, -0.05) is 57.6 Å². The molecule has 2 heteroatoms. The number of ether oxygens (including phenoxy) is 1. The number of rotatable bonds is 11. The minimum atomic E-state index is 0.446. The van der Waals surface area contributed by atoms with Crippen molar-refractivity contribution in [3.05, 3.63) is 29.8 Å². The Labute approximate surface area is 124 Å². The molecule has 1 unspecified atom stereocenters. The average molecular weight is 277 g/mol. The van der Waals surface area contributed by atoms with E-state index in [-0.39, 0.29) is 0 Å². The average Bonchev–Trinajstić information content (AvgIpc) is 2.47. The minimum Gasteiger partial charge on any atom is -0.494 e. The van der Waals surface area contributed by atoms with Gasteiger partial charge in [-0.05, 0) is 38.1 Å². The van der Waals surface area contributed by atoms with Crippen LogP contribution in [0.1, 0.15) is 70.4 Å². The second-order valence-corrected chi connectivity index (χ2v) is 5.40. The largest absolute Gasteiger partial charge is 0.494 e. The van der Waals surface area contributed by atoms with E-state index in [4.69, 9.17) is 4.74 Å². The van der Waals surface area contributed by atoms with E-state index in [0.29, 0.717) is 6.04 Å². The van der Waals surface area contributed by atoms with E-state index in [0.717, 1.165) is 12.4 Å². The molecule has 20 heavy (non-hydrogen) atoms. The molecule has 0 aromatic heterocycles. The van der Waals surface area contributed by atoms with Crippen LogP contribution in [0.5, 0.6) is 5.75 Å². The molecule has 0 amide bonds. The molecule has 0 radical (unpaired) electrons. The molecule has 0 aliphatic heterocycles. The first-order valence-electron chi connectivity index (χ1n) is 8.21. The van der Waals surface area contributed by atoms with Crippen molar-refractivity contribution in [2.75, 3.05) is 13.7 Å². The van der Waals surface area contributed by atoms with Gasteiger partial charge in [-0.25, -0.2) is 0 Å². The van der Waals surface area contributed by atoms with Crippen LogP contribution in [0.25, 0.3) is 0 Å². The van der Waals surface area contributed by atoms with E-state index >= 15 is 0 Å². The lowest BCUT2D eigenvalue weighted by molar-refractivity contribution is 0.339.